The summed E-state index contributed by atoms with van der Waals surface area (Å²) < 4.78 is 1.99. The molecule has 0 bridgehead atoms. The van der Waals surface area contributed by atoms with E-state index < -0.39 is 0 Å². The number of amides is 1. The molecule has 0 aromatic carbocycles. The Morgan fingerprint density at radius 1 is 1.20 bits per heavy atom. The van der Waals surface area contributed by atoms with Crippen molar-refractivity contribution >= 4 is 17.2 Å². The lowest BCUT2D eigenvalue weighted by Crippen LogP contribution is -2.39. The summed E-state index contributed by atoms with van der Waals surface area (Å²) in [5.74, 6) is 1.31. The Morgan fingerprint density at radius 3 is 2.80 bits per heavy atom. The second kappa shape index (κ2) is 9.08. The van der Waals surface area contributed by atoms with E-state index in [2.05, 4.69) is 29.5 Å². The van der Waals surface area contributed by atoms with Gasteiger partial charge in [-0.1, -0.05) is 6.07 Å². The van der Waals surface area contributed by atoms with Gasteiger partial charge >= 0.3 is 0 Å². The van der Waals surface area contributed by atoms with Gasteiger partial charge in [-0.3, -0.25) is 9.48 Å². The van der Waals surface area contributed by atoms with Crippen molar-refractivity contribution in [2.24, 2.45) is 0 Å². The molecule has 4 heterocycles. The van der Waals surface area contributed by atoms with E-state index in [1.54, 1.807) is 11.3 Å². The number of aromatic nitrogens is 4. The van der Waals surface area contributed by atoms with Gasteiger partial charge in [-0.15, -0.1) is 11.3 Å². The fourth-order valence-corrected chi connectivity index (χ4v) is 4.86. The number of carbonyl (C=O) groups is 1. The molecule has 1 aliphatic rings. The van der Waals surface area contributed by atoms with Crippen molar-refractivity contribution < 1.29 is 4.79 Å². The van der Waals surface area contributed by atoms with E-state index in [0.29, 0.717) is 13.0 Å². The molecule has 3 aromatic rings. The minimum atomic E-state index is 0.206. The molecule has 1 amide bonds. The molecule has 1 atom stereocenters. The van der Waals surface area contributed by atoms with Gasteiger partial charge in [-0.25, -0.2) is 9.97 Å². The van der Waals surface area contributed by atoms with E-state index >= 15 is 0 Å². The van der Waals surface area contributed by atoms with Crippen molar-refractivity contribution in [2.75, 3.05) is 13.1 Å². The minimum Gasteiger partial charge on any atom is -0.342 e. The first-order valence-corrected chi connectivity index (χ1v) is 11.6. The van der Waals surface area contributed by atoms with Crippen LogP contribution in [0, 0.1) is 20.8 Å². The zero-order chi connectivity index (χ0) is 21.1. The third kappa shape index (κ3) is 4.78. The fraction of sp³-hybridized carbons (Fsp3) is 0.478. The highest BCUT2D eigenvalue weighted by molar-refractivity contribution is 7.13. The molecule has 0 saturated carbocycles. The molecule has 1 saturated heterocycles. The molecule has 3 aromatic heterocycles. The molecule has 0 N–H and O–H groups in total. The largest absolute Gasteiger partial charge is 0.342 e. The summed E-state index contributed by atoms with van der Waals surface area (Å²) in [6.45, 7) is 8.41. The van der Waals surface area contributed by atoms with Crippen LogP contribution in [0.2, 0.25) is 0 Å². The number of carbonyl (C=O) groups excluding carboxylic acids is 1. The standard InChI is InChI=1S/C23H29N5OS/c1-16-14-20(21-8-6-12-30-21)25-23(24-16)19-7-4-10-27(15-19)22(29)9-5-11-28-18(3)13-17(2)26-28/h6,8,12-14,19H,4-5,7,9-11,15H2,1-3H3/t19-/m1/s1. The lowest BCUT2D eigenvalue weighted by Gasteiger charge is -2.32. The molecule has 30 heavy (non-hydrogen) atoms. The number of hydrogen-bond donors (Lipinski definition) is 0. The molecule has 0 aliphatic carbocycles. The fourth-order valence-electron chi connectivity index (χ4n) is 4.18. The Balaban J connectivity index is 1.38. The van der Waals surface area contributed by atoms with Gasteiger partial charge in [0.05, 0.1) is 16.3 Å². The molecule has 0 spiro atoms. The van der Waals surface area contributed by atoms with E-state index in [1.807, 2.05) is 35.6 Å². The van der Waals surface area contributed by atoms with Crippen LogP contribution in [-0.4, -0.2) is 43.6 Å². The second-order valence-electron chi connectivity index (χ2n) is 8.16. The van der Waals surface area contributed by atoms with Crippen molar-refractivity contribution in [1.82, 2.24) is 24.6 Å². The van der Waals surface area contributed by atoms with Crippen LogP contribution in [0.1, 0.15) is 54.5 Å². The van der Waals surface area contributed by atoms with Crippen molar-refractivity contribution in [3.8, 4) is 10.6 Å². The highest BCUT2D eigenvalue weighted by atomic mass is 32.1. The normalized spacial score (nSPS) is 16.8. The summed E-state index contributed by atoms with van der Waals surface area (Å²) in [5.41, 5.74) is 4.14. The third-order valence-electron chi connectivity index (χ3n) is 5.65. The van der Waals surface area contributed by atoms with Gasteiger partial charge in [0.25, 0.3) is 0 Å². The number of thiophene rings is 1. The van der Waals surface area contributed by atoms with E-state index in [0.717, 1.165) is 65.8 Å². The molecule has 1 aliphatic heterocycles. The van der Waals surface area contributed by atoms with Crippen LogP contribution >= 0.6 is 11.3 Å². The summed E-state index contributed by atoms with van der Waals surface area (Å²) in [6, 6.07) is 8.25. The minimum absolute atomic E-state index is 0.206. The quantitative estimate of drug-likeness (QED) is 0.585. The van der Waals surface area contributed by atoms with E-state index in [-0.39, 0.29) is 11.8 Å². The monoisotopic (exact) mass is 423 g/mol. The van der Waals surface area contributed by atoms with E-state index in [4.69, 9.17) is 9.97 Å². The zero-order valence-electron chi connectivity index (χ0n) is 18.0. The third-order valence-corrected chi connectivity index (χ3v) is 6.54. The Bertz CT molecular complexity index is 1010. The van der Waals surface area contributed by atoms with Crippen LogP contribution in [0.3, 0.4) is 0 Å². The summed E-state index contributed by atoms with van der Waals surface area (Å²) in [4.78, 5) is 25.6. The summed E-state index contributed by atoms with van der Waals surface area (Å²) in [6.07, 6.45) is 3.40. The van der Waals surface area contributed by atoms with Crippen LogP contribution in [0.4, 0.5) is 0 Å². The maximum Gasteiger partial charge on any atom is 0.222 e. The van der Waals surface area contributed by atoms with Crippen LogP contribution in [0.25, 0.3) is 10.6 Å². The second-order valence-corrected chi connectivity index (χ2v) is 9.11. The molecule has 4 rings (SSSR count). The maximum atomic E-state index is 12.8. The van der Waals surface area contributed by atoms with Gasteiger partial charge in [-0.05, 0) is 63.6 Å². The van der Waals surface area contributed by atoms with Crippen LogP contribution in [0.15, 0.2) is 29.6 Å². The Labute approximate surface area is 182 Å². The molecule has 1 fully saturated rings. The molecular weight excluding hydrogens is 394 g/mol. The van der Waals surface area contributed by atoms with Gasteiger partial charge in [0.15, 0.2) is 0 Å². The van der Waals surface area contributed by atoms with Gasteiger partial charge in [-0.2, -0.15) is 5.10 Å². The topological polar surface area (TPSA) is 63.9 Å². The first kappa shape index (κ1) is 20.7. The SMILES string of the molecule is Cc1cc(-c2cccs2)nc([C@@H]2CCCN(C(=O)CCCn3nc(C)cc3C)C2)n1. The summed E-state index contributed by atoms with van der Waals surface area (Å²) in [5, 5.41) is 6.55. The van der Waals surface area contributed by atoms with Crippen LogP contribution in [0.5, 0.6) is 0 Å². The highest BCUT2D eigenvalue weighted by Crippen LogP contribution is 2.29. The number of likely N-dealkylation sites (tertiary alicyclic amines) is 1. The Hall–Kier alpha value is -2.54. The summed E-state index contributed by atoms with van der Waals surface area (Å²) >= 11 is 1.69. The molecule has 7 heteroatoms. The molecule has 0 radical (unpaired) electrons. The maximum absolute atomic E-state index is 12.8. The van der Waals surface area contributed by atoms with Crippen molar-refractivity contribution in [2.45, 2.75) is 58.9 Å². The smallest absolute Gasteiger partial charge is 0.222 e. The zero-order valence-corrected chi connectivity index (χ0v) is 18.8. The van der Waals surface area contributed by atoms with Gasteiger partial charge in [0.2, 0.25) is 5.91 Å². The lowest BCUT2D eigenvalue weighted by molar-refractivity contribution is -0.132. The molecule has 0 unspecified atom stereocenters. The Kier molecular flexibility index (Phi) is 6.27. The van der Waals surface area contributed by atoms with Crippen LogP contribution < -0.4 is 0 Å². The predicted octanol–water partition coefficient (Wildman–Crippen LogP) is 4.51. The van der Waals surface area contributed by atoms with Crippen molar-refractivity contribution in [3.63, 3.8) is 0 Å². The van der Waals surface area contributed by atoms with Crippen molar-refractivity contribution in [3.05, 3.63) is 52.6 Å². The van der Waals surface area contributed by atoms with Gasteiger partial charge < -0.3 is 4.90 Å². The Morgan fingerprint density at radius 2 is 2.07 bits per heavy atom. The average Bonchev–Trinajstić information content (AvgIpc) is 3.37. The van der Waals surface area contributed by atoms with Gasteiger partial charge in [0, 0.05) is 43.4 Å². The number of aryl methyl sites for hydroxylation is 4. The highest BCUT2D eigenvalue weighted by Gasteiger charge is 2.27. The van der Waals surface area contributed by atoms with E-state index in [9.17, 15) is 4.79 Å². The van der Waals surface area contributed by atoms with Crippen LogP contribution in [-0.2, 0) is 11.3 Å². The molecule has 158 valence electrons. The number of hydrogen-bond acceptors (Lipinski definition) is 5. The first-order valence-electron chi connectivity index (χ1n) is 10.7. The molecular formula is C23H29N5OS. The summed E-state index contributed by atoms with van der Waals surface area (Å²) in [7, 11) is 0. The number of piperidine rings is 1. The number of rotatable bonds is 6. The lowest BCUT2D eigenvalue weighted by atomic mass is 9.96. The predicted molar refractivity (Wildman–Crippen MR) is 120 cm³/mol. The van der Waals surface area contributed by atoms with Gasteiger partial charge in [0.1, 0.15) is 5.82 Å². The first-order chi connectivity index (χ1) is 14.5. The average molecular weight is 424 g/mol. The van der Waals surface area contributed by atoms with E-state index in [1.165, 1.54) is 0 Å². The van der Waals surface area contributed by atoms with Crippen molar-refractivity contribution in [1.29, 1.82) is 0 Å². The number of nitrogens with zero attached hydrogens (tertiary/aromatic N) is 5. The molecule has 6 nitrogen and oxygen atoms in total.